The molecule has 0 fully saturated rings. The smallest absolute Gasteiger partial charge is 0.326 e. The van der Waals surface area contributed by atoms with Gasteiger partial charge in [0.25, 0.3) is 5.56 Å². The van der Waals surface area contributed by atoms with Crippen molar-refractivity contribution in [1.29, 1.82) is 5.26 Å². The van der Waals surface area contributed by atoms with Gasteiger partial charge in [-0.2, -0.15) is 18.4 Å². The second-order valence-electron chi connectivity index (χ2n) is 5.33. The number of alkyl halides is 3. The Hall–Kier alpha value is -2.75. The molecule has 1 aromatic heterocycles. The van der Waals surface area contributed by atoms with E-state index in [4.69, 9.17) is 5.26 Å². The molecule has 7 heteroatoms. The number of rotatable bonds is 1. The van der Waals surface area contributed by atoms with E-state index in [0.717, 1.165) is 12.1 Å². The van der Waals surface area contributed by atoms with Crippen molar-refractivity contribution in [3.05, 3.63) is 57.4 Å². The predicted molar refractivity (Wildman–Crippen MR) is 78.6 cm³/mol. The van der Waals surface area contributed by atoms with Crippen LogP contribution in [0.2, 0.25) is 0 Å². The van der Waals surface area contributed by atoms with Gasteiger partial charge in [-0.1, -0.05) is 6.07 Å². The van der Waals surface area contributed by atoms with E-state index in [1.54, 1.807) is 24.0 Å². The molecule has 1 aromatic carbocycles. The molecule has 0 aliphatic carbocycles. The average Bonchev–Trinajstić information content (AvgIpc) is 2.91. The maximum atomic E-state index is 12.9. The van der Waals surface area contributed by atoms with Gasteiger partial charge in [-0.3, -0.25) is 9.36 Å². The number of hydrogen-bond acceptors (Lipinski definition) is 3. The Balaban J connectivity index is 2.11. The monoisotopic (exact) mass is 319 g/mol. The molecule has 0 bridgehead atoms. The molecule has 2 heterocycles. The van der Waals surface area contributed by atoms with Crippen molar-refractivity contribution >= 4 is 11.5 Å². The maximum absolute atomic E-state index is 12.9. The normalized spacial score (nSPS) is 13.8. The minimum absolute atomic E-state index is 0.0691. The van der Waals surface area contributed by atoms with Gasteiger partial charge in [-0.05, 0) is 36.8 Å². The summed E-state index contributed by atoms with van der Waals surface area (Å²) in [6.07, 6.45) is -4.42. The van der Waals surface area contributed by atoms with Crippen molar-refractivity contribution in [2.24, 2.45) is 0 Å². The highest BCUT2D eigenvalue weighted by Gasteiger charge is 2.32. The summed E-state index contributed by atoms with van der Waals surface area (Å²) < 4.78 is 40.0. The molecule has 0 saturated heterocycles. The van der Waals surface area contributed by atoms with Crippen molar-refractivity contribution in [2.75, 3.05) is 11.4 Å². The number of aromatic nitrogens is 1. The van der Waals surface area contributed by atoms with E-state index in [1.807, 2.05) is 6.07 Å². The number of halogens is 3. The molecule has 2 aromatic rings. The molecule has 0 atom stereocenters. The molecule has 0 amide bonds. The van der Waals surface area contributed by atoms with Gasteiger partial charge in [-0.15, -0.1) is 0 Å². The van der Waals surface area contributed by atoms with Crippen LogP contribution in [0.3, 0.4) is 0 Å². The van der Waals surface area contributed by atoms with Crippen LogP contribution >= 0.6 is 0 Å². The Labute approximate surface area is 130 Å². The van der Waals surface area contributed by atoms with Crippen molar-refractivity contribution in [2.45, 2.75) is 19.6 Å². The summed E-state index contributed by atoms with van der Waals surface area (Å²) in [6, 6.07) is 8.52. The largest absolute Gasteiger partial charge is 0.416 e. The van der Waals surface area contributed by atoms with Gasteiger partial charge in [0, 0.05) is 18.8 Å². The zero-order chi connectivity index (χ0) is 16.8. The molecular formula is C16H12F3N3O. The molecular weight excluding hydrogens is 307 g/mol. The molecule has 4 nitrogen and oxygen atoms in total. The van der Waals surface area contributed by atoms with E-state index in [9.17, 15) is 18.0 Å². The van der Waals surface area contributed by atoms with Crippen molar-refractivity contribution < 1.29 is 13.2 Å². The highest BCUT2D eigenvalue weighted by atomic mass is 19.4. The zero-order valence-corrected chi connectivity index (χ0v) is 12.2. The van der Waals surface area contributed by atoms with Gasteiger partial charge in [0.2, 0.25) is 0 Å². The average molecular weight is 319 g/mol. The van der Waals surface area contributed by atoms with Gasteiger partial charge >= 0.3 is 6.18 Å². The summed E-state index contributed by atoms with van der Waals surface area (Å²) in [5, 5.41) is 9.04. The van der Waals surface area contributed by atoms with Crippen LogP contribution in [0.15, 0.2) is 35.1 Å². The second kappa shape index (κ2) is 5.16. The number of aryl methyl sites for hydroxylation is 1. The lowest BCUT2D eigenvalue weighted by Crippen LogP contribution is -2.22. The number of pyridine rings is 1. The van der Waals surface area contributed by atoms with Crippen molar-refractivity contribution in [1.82, 2.24) is 4.57 Å². The van der Waals surface area contributed by atoms with Crippen molar-refractivity contribution in [3.63, 3.8) is 0 Å². The summed E-state index contributed by atoms with van der Waals surface area (Å²) in [5.74, 6) is 0.505. The fourth-order valence-electron chi connectivity index (χ4n) is 2.75. The summed E-state index contributed by atoms with van der Waals surface area (Å²) in [5.41, 5.74) is -0.185. The molecule has 3 rings (SSSR count). The van der Waals surface area contributed by atoms with Crippen molar-refractivity contribution in [3.8, 4) is 6.07 Å². The third kappa shape index (κ3) is 2.46. The molecule has 0 N–H and O–H groups in total. The molecule has 118 valence electrons. The second-order valence-corrected chi connectivity index (χ2v) is 5.33. The predicted octanol–water partition coefficient (Wildman–Crippen LogP) is 3.20. The minimum atomic E-state index is -4.42. The summed E-state index contributed by atoms with van der Waals surface area (Å²) in [4.78, 5) is 13.9. The van der Waals surface area contributed by atoms with Crippen LogP contribution in [0.4, 0.5) is 24.7 Å². The fourth-order valence-corrected chi connectivity index (χ4v) is 2.75. The van der Waals surface area contributed by atoms with Crippen LogP contribution in [0.25, 0.3) is 0 Å². The lowest BCUT2D eigenvalue weighted by molar-refractivity contribution is -0.137. The van der Waals surface area contributed by atoms with Crippen LogP contribution < -0.4 is 10.5 Å². The van der Waals surface area contributed by atoms with E-state index in [0.29, 0.717) is 30.2 Å². The quantitative estimate of drug-likeness (QED) is 0.811. The first-order chi connectivity index (χ1) is 10.8. The summed E-state index contributed by atoms with van der Waals surface area (Å²) in [7, 11) is 0. The SMILES string of the molecule is Cc1cc2n(c(=O)c1C#N)CCN2c1cccc(C(F)(F)F)c1. The number of nitriles is 1. The molecule has 1 aliphatic rings. The molecule has 0 saturated carbocycles. The Kier molecular flexibility index (Phi) is 3.40. The third-order valence-electron chi connectivity index (χ3n) is 3.90. The van der Waals surface area contributed by atoms with Crippen LogP contribution in [-0.4, -0.2) is 11.1 Å². The first-order valence-electron chi connectivity index (χ1n) is 6.92. The maximum Gasteiger partial charge on any atom is 0.416 e. The fraction of sp³-hybridized carbons (Fsp3) is 0.250. The number of benzene rings is 1. The van der Waals surface area contributed by atoms with E-state index in [1.165, 1.54) is 10.6 Å². The van der Waals surface area contributed by atoms with E-state index < -0.39 is 17.3 Å². The van der Waals surface area contributed by atoms with Crippen LogP contribution in [0.5, 0.6) is 0 Å². The Morgan fingerprint density at radius 1 is 1.22 bits per heavy atom. The van der Waals surface area contributed by atoms with Gasteiger partial charge in [0.1, 0.15) is 17.5 Å². The topological polar surface area (TPSA) is 49.0 Å². The van der Waals surface area contributed by atoms with E-state index in [-0.39, 0.29) is 5.56 Å². The zero-order valence-electron chi connectivity index (χ0n) is 12.2. The number of nitrogens with zero attached hydrogens (tertiary/aromatic N) is 3. The first kappa shape index (κ1) is 15.2. The highest BCUT2D eigenvalue weighted by Crippen LogP contribution is 2.35. The molecule has 23 heavy (non-hydrogen) atoms. The minimum Gasteiger partial charge on any atom is -0.326 e. The van der Waals surface area contributed by atoms with E-state index >= 15 is 0 Å². The van der Waals surface area contributed by atoms with Gasteiger partial charge < -0.3 is 4.90 Å². The Bertz CT molecular complexity index is 878. The first-order valence-corrected chi connectivity index (χ1v) is 6.92. The van der Waals surface area contributed by atoms with Crippen LogP contribution in [-0.2, 0) is 12.7 Å². The molecule has 1 aliphatic heterocycles. The lowest BCUT2D eigenvalue weighted by Gasteiger charge is -2.20. The standard InChI is InChI=1S/C16H12F3N3O/c1-10-7-14-21(5-6-22(14)15(23)13(10)9-20)12-4-2-3-11(8-12)16(17,18)19/h2-4,7-8H,5-6H2,1H3. The highest BCUT2D eigenvalue weighted by molar-refractivity contribution is 5.64. The summed E-state index contributed by atoms with van der Waals surface area (Å²) >= 11 is 0. The number of fused-ring (bicyclic) bond motifs is 1. The van der Waals surface area contributed by atoms with Crippen LogP contribution in [0, 0.1) is 18.3 Å². The number of anilines is 2. The van der Waals surface area contributed by atoms with E-state index in [2.05, 4.69) is 0 Å². The molecule has 0 radical (unpaired) electrons. The Morgan fingerprint density at radius 3 is 2.61 bits per heavy atom. The lowest BCUT2D eigenvalue weighted by atomic mass is 10.1. The third-order valence-corrected chi connectivity index (χ3v) is 3.90. The summed E-state index contributed by atoms with van der Waals surface area (Å²) in [6.45, 7) is 2.35. The van der Waals surface area contributed by atoms with Gasteiger partial charge in [-0.25, -0.2) is 0 Å². The van der Waals surface area contributed by atoms with Crippen LogP contribution in [0.1, 0.15) is 16.7 Å². The molecule has 0 unspecified atom stereocenters. The van der Waals surface area contributed by atoms with Gasteiger partial charge in [0.05, 0.1) is 5.56 Å². The van der Waals surface area contributed by atoms with Gasteiger partial charge in [0.15, 0.2) is 0 Å². The Morgan fingerprint density at radius 2 is 1.96 bits per heavy atom. The molecule has 0 spiro atoms. The number of hydrogen-bond donors (Lipinski definition) is 0.